The first-order valence-corrected chi connectivity index (χ1v) is 7.64. The maximum Gasteiger partial charge on any atom is 0.336 e. The molecular weight excluding hydrogens is 340 g/mol. The van der Waals surface area contributed by atoms with Crippen molar-refractivity contribution in [2.45, 2.75) is 0 Å². The molecule has 0 aromatic heterocycles. The number of aliphatic carboxylic acids is 1. The van der Waals surface area contributed by atoms with E-state index in [-0.39, 0.29) is 5.57 Å². The second-order valence-corrected chi connectivity index (χ2v) is 5.71. The van der Waals surface area contributed by atoms with Gasteiger partial charge in [0, 0.05) is 4.47 Å². The van der Waals surface area contributed by atoms with Crippen molar-refractivity contribution in [2.24, 2.45) is 0 Å². The van der Waals surface area contributed by atoms with Gasteiger partial charge in [0.1, 0.15) is 0 Å². The molecule has 0 aliphatic heterocycles. The molecule has 0 unspecified atom stereocenters. The summed E-state index contributed by atoms with van der Waals surface area (Å²) in [6.07, 6.45) is 1.70. The zero-order valence-electron chi connectivity index (χ0n) is 11.7. The van der Waals surface area contributed by atoms with E-state index in [1.165, 1.54) is 0 Å². The fraction of sp³-hybridized carbons (Fsp3) is 0. The molecule has 3 rings (SSSR count). The Morgan fingerprint density at radius 1 is 0.909 bits per heavy atom. The van der Waals surface area contributed by atoms with Gasteiger partial charge >= 0.3 is 5.97 Å². The van der Waals surface area contributed by atoms with Gasteiger partial charge < -0.3 is 5.11 Å². The lowest BCUT2D eigenvalue weighted by Crippen LogP contribution is -1.99. The minimum atomic E-state index is -0.939. The Balaban J connectivity index is 2.17. The van der Waals surface area contributed by atoms with Crippen LogP contribution in [-0.2, 0) is 4.79 Å². The van der Waals surface area contributed by atoms with E-state index in [2.05, 4.69) is 15.9 Å². The molecular formula is C19H13BrO2. The normalized spacial score (nSPS) is 11.6. The van der Waals surface area contributed by atoms with Gasteiger partial charge in [-0.2, -0.15) is 0 Å². The fourth-order valence-corrected chi connectivity index (χ4v) is 3.01. The Morgan fingerprint density at radius 3 is 2.32 bits per heavy atom. The highest BCUT2D eigenvalue weighted by molar-refractivity contribution is 9.10. The zero-order chi connectivity index (χ0) is 15.5. The number of carboxylic acids is 1. The van der Waals surface area contributed by atoms with Crippen LogP contribution in [0, 0.1) is 0 Å². The maximum absolute atomic E-state index is 11.6. The molecule has 0 atom stereocenters. The Bertz CT molecular complexity index is 867. The van der Waals surface area contributed by atoms with Crippen LogP contribution in [0.25, 0.3) is 22.4 Å². The lowest BCUT2D eigenvalue weighted by atomic mass is 10.0. The molecule has 3 aromatic carbocycles. The van der Waals surface area contributed by atoms with Gasteiger partial charge in [-0.1, -0.05) is 66.7 Å². The van der Waals surface area contributed by atoms with E-state index in [0.29, 0.717) is 5.56 Å². The van der Waals surface area contributed by atoms with Gasteiger partial charge in [0.05, 0.1) is 5.57 Å². The molecule has 0 saturated carbocycles. The highest BCUT2D eigenvalue weighted by atomic mass is 79.9. The Labute approximate surface area is 136 Å². The largest absolute Gasteiger partial charge is 0.478 e. The van der Waals surface area contributed by atoms with Crippen LogP contribution in [0.1, 0.15) is 11.1 Å². The number of carboxylic acid groups (broad SMARTS) is 1. The van der Waals surface area contributed by atoms with Crippen molar-refractivity contribution < 1.29 is 9.90 Å². The van der Waals surface area contributed by atoms with Gasteiger partial charge in [-0.25, -0.2) is 4.79 Å². The standard InChI is InChI=1S/C19H13BrO2/c20-18-15(11-10-14-8-4-5-9-16(14)18)12-17(19(21)22)13-6-2-1-3-7-13/h1-12H,(H,21,22)/b17-12+. The average Bonchev–Trinajstić information content (AvgIpc) is 2.55. The van der Waals surface area contributed by atoms with Crippen molar-refractivity contribution in [3.05, 3.63) is 82.3 Å². The highest BCUT2D eigenvalue weighted by Gasteiger charge is 2.11. The molecule has 0 bridgehead atoms. The second-order valence-electron chi connectivity index (χ2n) is 4.92. The third-order valence-corrected chi connectivity index (χ3v) is 4.39. The van der Waals surface area contributed by atoms with Crippen molar-refractivity contribution in [3.8, 4) is 0 Å². The predicted octanol–water partition coefficient (Wildman–Crippen LogP) is 5.23. The van der Waals surface area contributed by atoms with Crippen molar-refractivity contribution in [2.75, 3.05) is 0 Å². The quantitative estimate of drug-likeness (QED) is 0.517. The van der Waals surface area contributed by atoms with Gasteiger partial charge in [0.2, 0.25) is 0 Å². The SMILES string of the molecule is O=C(O)/C(=C/c1ccc2ccccc2c1Br)c1ccccc1. The van der Waals surface area contributed by atoms with Crippen LogP contribution in [0.2, 0.25) is 0 Å². The molecule has 1 N–H and O–H groups in total. The van der Waals surface area contributed by atoms with Crippen molar-refractivity contribution in [1.29, 1.82) is 0 Å². The van der Waals surface area contributed by atoms with Gasteiger partial charge in [-0.05, 0) is 43.9 Å². The Hall–Kier alpha value is -2.39. The molecule has 0 radical (unpaired) electrons. The number of fused-ring (bicyclic) bond motifs is 1. The number of benzene rings is 3. The Kier molecular flexibility index (Phi) is 4.07. The van der Waals surface area contributed by atoms with E-state index in [0.717, 1.165) is 20.8 Å². The summed E-state index contributed by atoms with van der Waals surface area (Å²) in [5.41, 5.74) is 1.81. The molecule has 2 nitrogen and oxygen atoms in total. The van der Waals surface area contributed by atoms with E-state index in [1.54, 1.807) is 18.2 Å². The summed E-state index contributed by atoms with van der Waals surface area (Å²) >= 11 is 3.59. The molecule has 0 fully saturated rings. The Morgan fingerprint density at radius 2 is 1.59 bits per heavy atom. The summed E-state index contributed by atoms with van der Waals surface area (Å²) in [5, 5.41) is 11.7. The molecule has 0 spiro atoms. The second kappa shape index (κ2) is 6.16. The van der Waals surface area contributed by atoms with Crippen molar-refractivity contribution in [1.82, 2.24) is 0 Å². The summed E-state index contributed by atoms with van der Waals surface area (Å²) in [4.78, 5) is 11.6. The van der Waals surface area contributed by atoms with Crippen LogP contribution in [-0.4, -0.2) is 11.1 Å². The summed E-state index contributed by atoms with van der Waals surface area (Å²) in [7, 11) is 0. The number of hydrogen-bond donors (Lipinski definition) is 1. The molecule has 0 saturated heterocycles. The zero-order valence-corrected chi connectivity index (χ0v) is 13.2. The first-order valence-electron chi connectivity index (χ1n) is 6.84. The van der Waals surface area contributed by atoms with E-state index in [1.807, 2.05) is 54.6 Å². The number of carbonyl (C=O) groups is 1. The molecule has 108 valence electrons. The first kappa shape index (κ1) is 14.5. The smallest absolute Gasteiger partial charge is 0.336 e. The van der Waals surface area contributed by atoms with Crippen molar-refractivity contribution >= 4 is 44.3 Å². The number of hydrogen-bond acceptors (Lipinski definition) is 1. The third kappa shape index (κ3) is 2.81. The topological polar surface area (TPSA) is 37.3 Å². The van der Waals surface area contributed by atoms with Gasteiger partial charge in [-0.3, -0.25) is 0 Å². The fourth-order valence-electron chi connectivity index (χ4n) is 2.40. The lowest BCUT2D eigenvalue weighted by molar-refractivity contribution is -0.130. The summed E-state index contributed by atoms with van der Waals surface area (Å²) in [6, 6.07) is 21.1. The van der Waals surface area contributed by atoms with Crippen molar-refractivity contribution in [3.63, 3.8) is 0 Å². The maximum atomic E-state index is 11.6. The molecule has 0 aliphatic rings. The van der Waals surface area contributed by atoms with Crippen LogP contribution in [0.5, 0.6) is 0 Å². The minimum absolute atomic E-state index is 0.275. The van der Waals surface area contributed by atoms with E-state index in [4.69, 9.17) is 0 Å². The monoisotopic (exact) mass is 352 g/mol. The molecule has 0 aliphatic carbocycles. The molecule has 3 aromatic rings. The van der Waals surface area contributed by atoms with Crippen LogP contribution in [0.15, 0.2) is 71.2 Å². The summed E-state index contributed by atoms with van der Waals surface area (Å²) in [6.45, 7) is 0. The molecule has 22 heavy (non-hydrogen) atoms. The van der Waals surface area contributed by atoms with E-state index >= 15 is 0 Å². The third-order valence-electron chi connectivity index (χ3n) is 3.51. The van der Waals surface area contributed by atoms with Crippen LogP contribution < -0.4 is 0 Å². The molecule has 3 heteroatoms. The van der Waals surface area contributed by atoms with Gasteiger partial charge in [0.15, 0.2) is 0 Å². The van der Waals surface area contributed by atoms with E-state index in [9.17, 15) is 9.90 Å². The number of halogens is 1. The average molecular weight is 353 g/mol. The molecule has 0 amide bonds. The summed E-state index contributed by atoms with van der Waals surface area (Å²) < 4.78 is 0.903. The van der Waals surface area contributed by atoms with Gasteiger partial charge in [-0.15, -0.1) is 0 Å². The van der Waals surface area contributed by atoms with E-state index < -0.39 is 5.97 Å². The van der Waals surface area contributed by atoms with Crippen LogP contribution in [0.4, 0.5) is 0 Å². The van der Waals surface area contributed by atoms with Gasteiger partial charge in [0.25, 0.3) is 0 Å². The number of rotatable bonds is 3. The van der Waals surface area contributed by atoms with Crippen LogP contribution in [0.3, 0.4) is 0 Å². The van der Waals surface area contributed by atoms with Crippen LogP contribution >= 0.6 is 15.9 Å². The summed E-state index contributed by atoms with van der Waals surface area (Å²) in [5.74, 6) is -0.939. The predicted molar refractivity (Wildman–Crippen MR) is 93.6 cm³/mol. The molecule has 0 heterocycles. The minimum Gasteiger partial charge on any atom is -0.478 e. The lowest BCUT2D eigenvalue weighted by Gasteiger charge is -2.07. The first-order chi connectivity index (χ1) is 10.7. The highest BCUT2D eigenvalue weighted by Crippen LogP contribution is 2.30.